The number of ether oxygens (including phenoxy) is 17. The van der Waals surface area contributed by atoms with Crippen molar-refractivity contribution in [2.75, 3.05) is 59.5 Å². The molecule has 584 valence electrons. The van der Waals surface area contributed by atoms with Crippen LogP contribution in [-0.4, -0.2) is 484 Å². The van der Waals surface area contributed by atoms with E-state index in [9.17, 15) is 148 Å². The van der Waals surface area contributed by atoms with Gasteiger partial charge in [-0.05, 0) is 0 Å². The third kappa shape index (κ3) is 17.0. The zero-order chi connectivity index (χ0) is 73.4. The van der Waals surface area contributed by atoms with Crippen molar-refractivity contribution in [1.82, 2.24) is 0 Å². The van der Waals surface area contributed by atoms with Crippen molar-refractivity contribution in [2.24, 2.45) is 0 Å². The molecular weight excluding hydrogens is 1380 g/mol. The fourth-order valence-corrected chi connectivity index (χ4v) is 12.7. The van der Waals surface area contributed by atoms with Gasteiger partial charge in [0.2, 0.25) is 0 Å². The minimum absolute atomic E-state index is 0.869. The molecule has 0 saturated carbocycles. The molecule has 0 spiro atoms. The van der Waals surface area contributed by atoms with Crippen LogP contribution in [0.5, 0.6) is 0 Å². The largest absolute Gasteiger partial charge is 0.394 e. The Morgan fingerprint density at radius 1 is 0.170 bits per heavy atom. The van der Waals surface area contributed by atoms with Crippen LogP contribution in [-0.2, 0) is 80.5 Å². The quantitative estimate of drug-likeness (QED) is 0.0404. The summed E-state index contributed by atoms with van der Waals surface area (Å²) < 4.78 is 95.5. The van der Waals surface area contributed by atoms with Crippen LogP contribution in [0.2, 0.25) is 0 Å². The van der Waals surface area contributed by atoms with Gasteiger partial charge in [-0.15, -0.1) is 0 Å². The average molecular weight is 1480 g/mol. The van der Waals surface area contributed by atoms with E-state index in [1.165, 1.54) is 0 Å². The minimum atomic E-state index is -2.53. The van der Waals surface area contributed by atoms with Gasteiger partial charge in [-0.3, -0.25) is 0 Å². The SMILES string of the molecule is OC[C@H]1O[C@@H](OC[C@H]2O[C@@H](OC[C@H]3O[C@@H](O[C@H]4[C@@H](O)[C@@H](CO)O[C@@H](O[C@H]5[C@@H](O)[C@@H](CO)O[C@@H](O[C@H]6[C@@H](O)[C@@H](CO)O[C@@H](O[C@@H]7[C@@H](O)[C@H](O)O[C@H](CO)[C@@H]7O)[C@@H]6O)[C@@H]5O)[C@@H]4O)[C@H](O)[C@@H](O[C@@H]4O[C@H](CO)[C@H](O)[C@H](O[C@@H]5O[C@H](CO)[C@H](O)[C@H](O)[C@H]5O)[C@H]4O)[C@H]3O)[C@H](O)[C@@H](O)[C@H]2O)[C@H](O)[C@@H](O)[C@H]1O. The molecule has 9 aliphatic heterocycles. The Balaban J connectivity index is 0.958. The molecule has 0 bridgehead atoms. The highest BCUT2D eigenvalue weighted by atomic mass is 16.8. The maximum absolute atomic E-state index is 12.2. The second-order valence-electron chi connectivity index (χ2n) is 25.3. The highest BCUT2D eigenvalue weighted by molar-refractivity contribution is 5.02. The predicted octanol–water partition coefficient (Wildman–Crippen LogP) is -20.6. The summed E-state index contributed by atoms with van der Waals surface area (Å²) in [5.74, 6) is 0. The van der Waals surface area contributed by atoms with Gasteiger partial charge in [0.05, 0.1) is 59.5 Å². The van der Waals surface area contributed by atoms with Crippen LogP contribution < -0.4 is 0 Å². The van der Waals surface area contributed by atoms with Crippen LogP contribution in [0.25, 0.3) is 0 Å². The zero-order valence-corrected chi connectivity index (χ0v) is 52.3. The molecule has 9 aliphatic rings. The molecule has 29 N–H and O–H groups in total. The van der Waals surface area contributed by atoms with E-state index in [1.54, 1.807) is 0 Å². The van der Waals surface area contributed by atoms with E-state index in [4.69, 9.17) is 80.5 Å². The lowest BCUT2D eigenvalue weighted by Gasteiger charge is -2.50. The summed E-state index contributed by atoms with van der Waals surface area (Å²) in [7, 11) is 0. The Bertz CT molecular complexity index is 2460. The van der Waals surface area contributed by atoms with Crippen molar-refractivity contribution in [1.29, 1.82) is 0 Å². The van der Waals surface area contributed by atoms with E-state index in [-0.39, 0.29) is 0 Å². The van der Waals surface area contributed by atoms with E-state index in [2.05, 4.69) is 0 Å². The number of rotatable bonds is 25. The minimum Gasteiger partial charge on any atom is -0.394 e. The van der Waals surface area contributed by atoms with Crippen molar-refractivity contribution in [3.8, 4) is 0 Å². The van der Waals surface area contributed by atoms with Crippen LogP contribution in [0.4, 0.5) is 0 Å². The number of aliphatic hydroxyl groups excluding tert-OH is 29. The van der Waals surface area contributed by atoms with Crippen LogP contribution in [0.3, 0.4) is 0 Å². The molecule has 46 nitrogen and oxygen atoms in total. The lowest BCUT2D eigenvalue weighted by molar-refractivity contribution is -0.402. The Labute approximate surface area is 563 Å². The Hall–Kier alpha value is -1.84. The lowest BCUT2D eigenvalue weighted by Crippen LogP contribution is -2.69. The van der Waals surface area contributed by atoms with Crippen molar-refractivity contribution in [2.45, 2.75) is 276 Å². The number of hydrogen-bond donors (Lipinski definition) is 29. The van der Waals surface area contributed by atoms with Crippen molar-refractivity contribution in [3.05, 3.63) is 0 Å². The lowest BCUT2D eigenvalue weighted by atomic mass is 9.95. The third-order valence-electron chi connectivity index (χ3n) is 18.7. The molecule has 0 amide bonds. The molecule has 45 atom stereocenters. The first kappa shape index (κ1) is 82.2. The van der Waals surface area contributed by atoms with Crippen molar-refractivity contribution in [3.63, 3.8) is 0 Å². The molecule has 100 heavy (non-hydrogen) atoms. The van der Waals surface area contributed by atoms with E-state index < -0.39 is 336 Å². The van der Waals surface area contributed by atoms with E-state index in [0.717, 1.165) is 0 Å². The van der Waals surface area contributed by atoms with Gasteiger partial charge in [-0.1, -0.05) is 0 Å². The van der Waals surface area contributed by atoms with Gasteiger partial charge in [0.15, 0.2) is 56.6 Å². The second kappa shape index (κ2) is 35.5. The van der Waals surface area contributed by atoms with Crippen LogP contribution in [0.15, 0.2) is 0 Å². The number of aliphatic hydroxyl groups is 29. The summed E-state index contributed by atoms with van der Waals surface area (Å²) in [5, 5.41) is 315. The van der Waals surface area contributed by atoms with E-state index >= 15 is 0 Å². The first-order chi connectivity index (χ1) is 47.4. The van der Waals surface area contributed by atoms with Crippen molar-refractivity contribution >= 4 is 0 Å². The standard InChI is InChI=1S/C54H92O46/c55-1-10-19(62)28(71)31(74)47(87-10)84-8-17-21(64)30(73)32(75)48(93-17)85-9-18-27(70)45(100-53-35(78)41(23(66)13(4-58)92-53)96-49-33(76)29(72)20(63)11(2-56)88-49)39(82)54(94-18)99-44-26(69)16(7-61)91-52(38(44)81)98-43-25(68)15(6-60)90-51(37(43)80)97-42-24(67)14(5-59)89-50(36(42)79)95-40-22(65)12(3-57)86-46(83)34(40)77/h10-83H,1-9H2/t10-,11-,12-,13-,14-,15-,16-,17-,18-,19+,20+,21+,22+,23+,24+,25+,26+,27+,28+,29+,30+,31-,32-,33-,34-,35-,36-,37-,38-,39-,40+,41+,42+,43+,44+,45+,46-,47-,48-,49+,50+,51+,52+,53+,54+/m1/s1. The number of hydrogen-bond acceptors (Lipinski definition) is 46. The Morgan fingerprint density at radius 2 is 0.350 bits per heavy atom. The Kier molecular flexibility index (Phi) is 29.2. The molecule has 0 aromatic carbocycles. The van der Waals surface area contributed by atoms with Crippen LogP contribution >= 0.6 is 0 Å². The molecule has 0 aromatic rings. The van der Waals surface area contributed by atoms with E-state index in [1.807, 2.05) is 0 Å². The molecule has 0 aliphatic carbocycles. The first-order valence-electron chi connectivity index (χ1n) is 31.7. The van der Waals surface area contributed by atoms with Gasteiger partial charge in [-0.2, -0.15) is 0 Å². The second-order valence-corrected chi connectivity index (χ2v) is 25.3. The van der Waals surface area contributed by atoms with Gasteiger partial charge in [-0.25, -0.2) is 0 Å². The van der Waals surface area contributed by atoms with Gasteiger partial charge < -0.3 is 229 Å². The summed E-state index contributed by atoms with van der Waals surface area (Å²) in [6, 6.07) is 0. The maximum Gasteiger partial charge on any atom is 0.187 e. The molecule has 9 fully saturated rings. The fraction of sp³-hybridized carbons (Fsp3) is 1.00. The molecule has 46 heteroatoms. The smallest absolute Gasteiger partial charge is 0.187 e. The van der Waals surface area contributed by atoms with Gasteiger partial charge in [0, 0.05) is 0 Å². The molecule has 9 rings (SSSR count). The van der Waals surface area contributed by atoms with Crippen molar-refractivity contribution < 1.29 is 229 Å². The normalized spacial score (nSPS) is 53.7. The van der Waals surface area contributed by atoms with E-state index in [0.29, 0.717) is 0 Å². The van der Waals surface area contributed by atoms with Gasteiger partial charge in [0.1, 0.15) is 220 Å². The topological polar surface area (TPSA) is 744 Å². The summed E-state index contributed by atoms with van der Waals surface area (Å²) in [5.41, 5.74) is 0. The summed E-state index contributed by atoms with van der Waals surface area (Å²) in [6.07, 6.45) is -94.0. The summed E-state index contributed by atoms with van der Waals surface area (Å²) in [6.45, 7) is -9.31. The monoisotopic (exact) mass is 1480 g/mol. The van der Waals surface area contributed by atoms with Gasteiger partial charge in [0.25, 0.3) is 0 Å². The molecule has 9 heterocycles. The Morgan fingerprint density at radius 3 is 0.630 bits per heavy atom. The average Bonchev–Trinajstić information content (AvgIpc) is 0.772. The zero-order valence-electron chi connectivity index (χ0n) is 52.3. The summed E-state index contributed by atoms with van der Waals surface area (Å²) >= 11 is 0. The highest BCUT2D eigenvalue weighted by Gasteiger charge is 2.60. The maximum atomic E-state index is 12.2. The van der Waals surface area contributed by atoms with Gasteiger partial charge >= 0.3 is 0 Å². The molecular formula is C54H92O46. The summed E-state index contributed by atoms with van der Waals surface area (Å²) in [4.78, 5) is 0. The molecule has 0 unspecified atom stereocenters. The first-order valence-corrected chi connectivity index (χ1v) is 31.7. The molecule has 0 radical (unpaired) electrons. The van der Waals surface area contributed by atoms with Crippen LogP contribution in [0, 0.1) is 0 Å². The molecule has 0 aromatic heterocycles. The van der Waals surface area contributed by atoms with Crippen LogP contribution in [0.1, 0.15) is 0 Å². The fourth-order valence-electron chi connectivity index (χ4n) is 12.7. The molecule has 9 saturated heterocycles. The predicted molar refractivity (Wildman–Crippen MR) is 297 cm³/mol. The highest BCUT2D eigenvalue weighted by Crippen LogP contribution is 2.39. The third-order valence-corrected chi connectivity index (χ3v) is 18.7.